The zero-order valence-corrected chi connectivity index (χ0v) is 10.6. The Labute approximate surface area is 108 Å². The molecule has 0 radical (unpaired) electrons. The Morgan fingerprint density at radius 3 is 2.61 bits per heavy atom. The summed E-state index contributed by atoms with van der Waals surface area (Å²) in [6.45, 7) is 0.631. The van der Waals surface area contributed by atoms with E-state index in [1.165, 1.54) is 0 Å². The maximum atomic E-state index is 11.1. The van der Waals surface area contributed by atoms with Crippen molar-refractivity contribution >= 4 is 12.0 Å². The minimum absolute atomic E-state index is 0.295. The Balaban J connectivity index is 2.42. The lowest BCUT2D eigenvalue weighted by atomic mass is 9.98. The molecule has 0 spiro atoms. The molecule has 0 bridgehead atoms. The number of hydrogen-bond donors (Lipinski definition) is 2. The zero-order chi connectivity index (χ0) is 13.2. The second kappa shape index (κ2) is 8.48. The van der Waals surface area contributed by atoms with E-state index in [4.69, 9.17) is 10.8 Å². The van der Waals surface area contributed by atoms with Crippen LogP contribution in [0.5, 0.6) is 0 Å². The van der Waals surface area contributed by atoms with Gasteiger partial charge in [0.1, 0.15) is 0 Å². The third-order valence-corrected chi connectivity index (χ3v) is 2.89. The molecule has 0 aromatic heterocycles. The van der Waals surface area contributed by atoms with Crippen LogP contribution < -0.4 is 5.73 Å². The average Bonchev–Trinajstić information content (AvgIpc) is 2.38. The first-order valence-corrected chi connectivity index (χ1v) is 6.38. The minimum Gasteiger partial charge on any atom is -0.481 e. The monoisotopic (exact) mass is 247 g/mol. The molecule has 3 N–H and O–H groups in total. The number of benzene rings is 1. The van der Waals surface area contributed by atoms with Crippen molar-refractivity contribution in [2.75, 3.05) is 6.54 Å². The maximum absolute atomic E-state index is 11.1. The molecule has 0 heterocycles. The van der Waals surface area contributed by atoms with Gasteiger partial charge in [-0.25, -0.2) is 0 Å². The molecular formula is C15H21NO2. The predicted octanol–water partition coefficient (Wildman–Crippen LogP) is 2.92. The molecule has 1 rings (SSSR count). The van der Waals surface area contributed by atoms with Crippen molar-refractivity contribution in [1.29, 1.82) is 0 Å². The summed E-state index contributed by atoms with van der Waals surface area (Å²) in [7, 11) is 0. The third-order valence-electron chi connectivity index (χ3n) is 2.89. The van der Waals surface area contributed by atoms with Gasteiger partial charge in [-0.05, 0) is 31.4 Å². The van der Waals surface area contributed by atoms with E-state index in [0.717, 1.165) is 18.4 Å². The van der Waals surface area contributed by atoms with Crippen LogP contribution in [0, 0.1) is 5.92 Å². The Morgan fingerprint density at radius 2 is 2.00 bits per heavy atom. The van der Waals surface area contributed by atoms with E-state index in [-0.39, 0.29) is 5.92 Å². The summed E-state index contributed by atoms with van der Waals surface area (Å²) in [5, 5.41) is 9.10. The third kappa shape index (κ3) is 5.64. The van der Waals surface area contributed by atoms with Crippen molar-refractivity contribution in [2.45, 2.75) is 25.7 Å². The van der Waals surface area contributed by atoms with E-state index < -0.39 is 5.97 Å². The van der Waals surface area contributed by atoms with E-state index in [9.17, 15) is 4.79 Å². The molecule has 1 atom stereocenters. The van der Waals surface area contributed by atoms with Gasteiger partial charge < -0.3 is 10.8 Å². The van der Waals surface area contributed by atoms with Crippen LogP contribution >= 0.6 is 0 Å². The van der Waals surface area contributed by atoms with Crippen molar-refractivity contribution < 1.29 is 9.90 Å². The summed E-state index contributed by atoms with van der Waals surface area (Å²) in [4.78, 5) is 11.1. The number of nitrogens with two attached hydrogens (primary N) is 1. The Bertz CT molecular complexity index is 373. The van der Waals surface area contributed by atoms with Crippen LogP contribution in [0.1, 0.15) is 31.2 Å². The number of hydrogen-bond acceptors (Lipinski definition) is 2. The lowest BCUT2D eigenvalue weighted by Crippen LogP contribution is -2.13. The number of carboxylic acid groups (broad SMARTS) is 1. The van der Waals surface area contributed by atoms with Crippen LogP contribution in [0.2, 0.25) is 0 Å². The van der Waals surface area contributed by atoms with Gasteiger partial charge in [0.15, 0.2) is 0 Å². The number of rotatable bonds is 8. The van der Waals surface area contributed by atoms with Gasteiger partial charge in [-0.1, -0.05) is 48.9 Å². The van der Waals surface area contributed by atoms with E-state index in [0.29, 0.717) is 19.4 Å². The van der Waals surface area contributed by atoms with E-state index in [1.54, 1.807) is 0 Å². The summed E-state index contributed by atoms with van der Waals surface area (Å²) >= 11 is 0. The first kappa shape index (κ1) is 14.5. The van der Waals surface area contributed by atoms with Gasteiger partial charge in [0.25, 0.3) is 0 Å². The van der Waals surface area contributed by atoms with Crippen LogP contribution in [0.4, 0.5) is 0 Å². The molecule has 18 heavy (non-hydrogen) atoms. The van der Waals surface area contributed by atoms with Crippen LogP contribution in [0.15, 0.2) is 36.4 Å². The van der Waals surface area contributed by atoms with Gasteiger partial charge in [-0.2, -0.15) is 0 Å². The Morgan fingerprint density at radius 1 is 1.28 bits per heavy atom. The summed E-state index contributed by atoms with van der Waals surface area (Å²) in [6, 6.07) is 9.90. The van der Waals surface area contributed by atoms with Gasteiger partial charge in [0.05, 0.1) is 5.92 Å². The van der Waals surface area contributed by atoms with Gasteiger partial charge in [-0.3, -0.25) is 4.79 Å². The first-order valence-electron chi connectivity index (χ1n) is 6.38. The average molecular weight is 247 g/mol. The minimum atomic E-state index is -0.718. The number of allylic oxidation sites excluding steroid dienone is 1. The normalized spacial score (nSPS) is 12.7. The highest BCUT2D eigenvalue weighted by molar-refractivity contribution is 5.70. The highest BCUT2D eigenvalue weighted by Crippen LogP contribution is 2.14. The fourth-order valence-corrected chi connectivity index (χ4v) is 1.81. The molecule has 98 valence electrons. The van der Waals surface area contributed by atoms with Gasteiger partial charge in [0.2, 0.25) is 0 Å². The largest absolute Gasteiger partial charge is 0.481 e. The number of unbranched alkanes of at least 4 members (excludes halogenated alkanes) is 1. The standard InChI is InChI=1S/C15H21NO2/c16-12-5-4-10-14(15(17)18)11-6-9-13-7-2-1-3-8-13/h1-3,6-9,14H,4-5,10-12,16H2,(H,17,18)/b9-6+. The molecule has 0 aliphatic heterocycles. The smallest absolute Gasteiger partial charge is 0.306 e. The van der Waals surface area contributed by atoms with Crippen LogP contribution in [-0.4, -0.2) is 17.6 Å². The van der Waals surface area contributed by atoms with E-state index in [2.05, 4.69) is 0 Å². The fourth-order valence-electron chi connectivity index (χ4n) is 1.81. The molecule has 1 aromatic carbocycles. The molecule has 1 unspecified atom stereocenters. The van der Waals surface area contributed by atoms with Crippen molar-refractivity contribution in [3.63, 3.8) is 0 Å². The molecule has 3 heteroatoms. The van der Waals surface area contributed by atoms with Crippen molar-refractivity contribution in [3.05, 3.63) is 42.0 Å². The molecule has 1 aromatic rings. The van der Waals surface area contributed by atoms with Gasteiger partial charge in [-0.15, -0.1) is 0 Å². The molecule has 0 saturated carbocycles. The molecule has 0 saturated heterocycles. The lowest BCUT2D eigenvalue weighted by molar-refractivity contribution is -0.141. The molecule has 0 aliphatic carbocycles. The van der Waals surface area contributed by atoms with Crippen molar-refractivity contribution in [1.82, 2.24) is 0 Å². The van der Waals surface area contributed by atoms with E-state index >= 15 is 0 Å². The molecule has 3 nitrogen and oxygen atoms in total. The quantitative estimate of drug-likeness (QED) is 0.694. The van der Waals surface area contributed by atoms with Crippen molar-refractivity contribution in [2.24, 2.45) is 11.7 Å². The maximum Gasteiger partial charge on any atom is 0.306 e. The molecular weight excluding hydrogens is 226 g/mol. The second-order valence-corrected chi connectivity index (χ2v) is 4.37. The van der Waals surface area contributed by atoms with Gasteiger partial charge in [0, 0.05) is 0 Å². The number of carbonyl (C=O) groups is 1. The predicted molar refractivity (Wildman–Crippen MR) is 74.1 cm³/mol. The Hall–Kier alpha value is -1.61. The fraction of sp³-hybridized carbons (Fsp3) is 0.400. The summed E-state index contributed by atoms with van der Waals surface area (Å²) in [5.74, 6) is -1.01. The number of aliphatic carboxylic acids is 1. The van der Waals surface area contributed by atoms with Gasteiger partial charge >= 0.3 is 5.97 Å². The summed E-state index contributed by atoms with van der Waals surface area (Å²) < 4.78 is 0. The van der Waals surface area contributed by atoms with Crippen LogP contribution in [0.25, 0.3) is 6.08 Å². The SMILES string of the molecule is NCCCCC(C/C=C/c1ccccc1)C(=O)O. The molecule has 0 amide bonds. The zero-order valence-electron chi connectivity index (χ0n) is 10.6. The van der Waals surface area contributed by atoms with E-state index in [1.807, 2.05) is 42.5 Å². The summed E-state index contributed by atoms with van der Waals surface area (Å²) in [6.07, 6.45) is 6.97. The lowest BCUT2D eigenvalue weighted by Gasteiger charge is -2.08. The highest BCUT2D eigenvalue weighted by Gasteiger charge is 2.14. The first-order chi connectivity index (χ1) is 8.74. The van der Waals surface area contributed by atoms with Crippen LogP contribution in [0.3, 0.4) is 0 Å². The highest BCUT2D eigenvalue weighted by atomic mass is 16.4. The Kier molecular flexibility index (Phi) is 6.81. The molecule has 0 fully saturated rings. The topological polar surface area (TPSA) is 63.3 Å². The van der Waals surface area contributed by atoms with Crippen LogP contribution in [-0.2, 0) is 4.79 Å². The second-order valence-electron chi connectivity index (χ2n) is 4.37. The van der Waals surface area contributed by atoms with Crippen molar-refractivity contribution in [3.8, 4) is 0 Å². The number of carboxylic acids is 1. The molecule has 0 aliphatic rings. The summed E-state index contributed by atoms with van der Waals surface area (Å²) in [5.41, 5.74) is 6.51.